The second-order valence-electron chi connectivity index (χ2n) is 9.40. The highest BCUT2D eigenvalue weighted by Gasteiger charge is 2.39. The SMILES string of the molecule is CNC(=O)c1cccc(-c2ccc3c(N4CCOC[C@@H]4C)nc(N4CCO[C@H]5COC[C@@H]54)nc3n2)c1. The lowest BCUT2D eigenvalue weighted by atomic mass is 10.1. The quantitative estimate of drug-likeness (QED) is 0.587. The Morgan fingerprint density at radius 3 is 2.75 bits per heavy atom. The predicted octanol–water partition coefficient (Wildman–Crippen LogP) is 1.88. The summed E-state index contributed by atoms with van der Waals surface area (Å²) in [6, 6.07) is 11.7. The second kappa shape index (κ2) is 9.61. The van der Waals surface area contributed by atoms with Crippen LogP contribution in [0, 0.1) is 0 Å². The summed E-state index contributed by atoms with van der Waals surface area (Å²) in [7, 11) is 1.63. The highest BCUT2D eigenvalue weighted by molar-refractivity contribution is 5.95. The van der Waals surface area contributed by atoms with Crippen molar-refractivity contribution in [3.05, 3.63) is 42.0 Å². The largest absolute Gasteiger partial charge is 0.377 e. The number of anilines is 2. The third kappa shape index (κ3) is 4.15. The van der Waals surface area contributed by atoms with Crippen molar-refractivity contribution in [3.63, 3.8) is 0 Å². The van der Waals surface area contributed by atoms with E-state index < -0.39 is 0 Å². The fourth-order valence-electron chi connectivity index (χ4n) is 5.19. The molecule has 3 atom stereocenters. The van der Waals surface area contributed by atoms with E-state index in [0.717, 1.165) is 29.0 Å². The van der Waals surface area contributed by atoms with E-state index in [0.29, 0.717) is 56.7 Å². The van der Waals surface area contributed by atoms with Gasteiger partial charge in [-0.05, 0) is 31.2 Å². The van der Waals surface area contributed by atoms with Gasteiger partial charge < -0.3 is 29.3 Å². The number of hydrogen-bond donors (Lipinski definition) is 1. The number of aromatic nitrogens is 3. The van der Waals surface area contributed by atoms with Gasteiger partial charge in [0.2, 0.25) is 5.95 Å². The summed E-state index contributed by atoms with van der Waals surface area (Å²) < 4.78 is 17.3. The van der Waals surface area contributed by atoms with Gasteiger partial charge in [0, 0.05) is 31.3 Å². The van der Waals surface area contributed by atoms with Crippen molar-refractivity contribution < 1.29 is 19.0 Å². The van der Waals surface area contributed by atoms with Crippen LogP contribution in [0.25, 0.3) is 22.3 Å². The number of benzene rings is 1. The van der Waals surface area contributed by atoms with Gasteiger partial charge >= 0.3 is 0 Å². The number of rotatable bonds is 4. The van der Waals surface area contributed by atoms with Crippen LogP contribution >= 0.6 is 0 Å². The van der Waals surface area contributed by atoms with E-state index in [2.05, 4.69) is 22.0 Å². The molecule has 3 saturated heterocycles. The van der Waals surface area contributed by atoms with Gasteiger partial charge in [0.25, 0.3) is 5.91 Å². The standard InChI is InChI=1S/C26H30N6O4/c1-16-13-34-10-8-31(16)24-19-6-7-20(17-4-3-5-18(12-17)25(33)27-2)28-23(19)29-26(30-24)32-9-11-36-22-15-35-14-21(22)32/h3-7,12,16,21-22H,8-11,13-15H2,1-2H3,(H,27,33)/t16-,21-,22-/m0/s1. The summed E-state index contributed by atoms with van der Waals surface area (Å²) in [5.74, 6) is 1.38. The Kier molecular flexibility index (Phi) is 6.16. The molecule has 1 aromatic carbocycles. The van der Waals surface area contributed by atoms with Crippen molar-refractivity contribution in [1.82, 2.24) is 20.3 Å². The van der Waals surface area contributed by atoms with Crippen LogP contribution in [0.4, 0.5) is 11.8 Å². The third-order valence-electron chi connectivity index (χ3n) is 7.14. The van der Waals surface area contributed by atoms with E-state index in [9.17, 15) is 4.79 Å². The molecule has 1 amide bonds. The van der Waals surface area contributed by atoms with Crippen molar-refractivity contribution >= 4 is 28.7 Å². The van der Waals surface area contributed by atoms with Gasteiger partial charge in [-0.3, -0.25) is 4.79 Å². The summed E-state index contributed by atoms with van der Waals surface area (Å²) in [6.45, 7) is 6.68. The van der Waals surface area contributed by atoms with Gasteiger partial charge in [0.15, 0.2) is 5.65 Å². The van der Waals surface area contributed by atoms with Gasteiger partial charge in [-0.1, -0.05) is 12.1 Å². The first-order valence-corrected chi connectivity index (χ1v) is 12.4. The zero-order chi connectivity index (χ0) is 24.6. The van der Waals surface area contributed by atoms with Crippen LogP contribution in [0.3, 0.4) is 0 Å². The Morgan fingerprint density at radius 1 is 1.00 bits per heavy atom. The number of carbonyl (C=O) groups excluding carboxylic acids is 1. The van der Waals surface area contributed by atoms with Crippen LogP contribution in [-0.4, -0.2) is 92.2 Å². The third-order valence-corrected chi connectivity index (χ3v) is 7.14. The topological polar surface area (TPSA) is 102 Å². The molecule has 1 N–H and O–H groups in total. The number of carbonyl (C=O) groups is 1. The fourth-order valence-corrected chi connectivity index (χ4v) is 5.19. The lowest BCUT2D eigenvalue weighted by Gasteiger charge is -2.38. The van der Waals surface area contributed by atoms with Crippen molar-refractivity contribution in [3.8, 4) is 11.3 Å². The average molecular weight is 491 g/mol. The first kappa shape index (κ1) is 23.1. The summed E-state index contributed by atoms with van der Waals surface area (Å²) in [4.78, 5) is 31.7. The van der Waals surface area contributed by atoms with Crippen LogP contribution < -0.4 is 15.1 Å². The second-order valence-corrected chi connectivity index (χ2v) is 9.40. The number of nitrogens with one attached hydrogen (secondary N) is 1. The van der Waals surface area contributed by atoms with Crippen molar-refractivity contribution in [1.29, 1.82) is 0 Å². The van der Waals surface area contributed by atoms with E-state index in [1.807, 2.05) is 30.3 Å². The predicted molar refractivity (Wildman–Crippen MR) is 135 cm³/mol. The summed E-state index contributed by atoms with van der Waals surface area (Å²) in [5.41, 5.74) is 2.82. The molecule has 188 valence electrons. The minimum atomic E-state index is -0.133. The number of amides is 1. The Bertz CT molecular complexity index is 1290. The van der Waals surface area contributed by atoms with Gasteiger partial charge in [-0.2, -0.15) is 9.97 Å². The minimum absolute atomic E-state index is 0.0237. The molecule has 0 unspecified atom stereocenters. The van der Waals surface area contributed by atoms with E-state index in [1.54, 1.807) is 13.1 Å². The molecule has 3 aliphatic rings. The number of nitrogens with zero attached hydrogens (tertiary/aromatic N) is 5. The Hall–Kier alpha value is -3.34. The number of morpholine rings is 2. The maximum absolute atomic E-state index is 12.2. The zero-order valence-electron chi connectivity index (χ0n) is 20.5. The molecule has 0 bridgehead atoms. The maximum atomic E-state index is 12.2. The highest BCUT2D eigenvalue weighted by Crippen LogP contribution is 2.32. The fraction of sp³-hybridized carbons (Fsp3) is 0.462. The van der Waals surface area contributed by atoms with Crippen molar-refractivity contribution in [2.75, 3.05) is 63.0 Å². The molecule has 0 spiro atoms. The van der Waals surface area contributed by atoms with Crippen LogP contribution in [0.1, 0.15) is 17.3 Å². The molecule has 10 nitrogen and oxygen atoms in total. The van der Waals surface area contributed by atoms with Gasteiger partial charge in [-0.15, -0.1) is 0 Å². The van der Waals surface area contributed by atoms with Crippen molar-refractivity contribution in [2.45, 2.75) is 25.1 Å². The lowest BCUT2D eigenvalue weighted by Crippen LogP contribution is -2.51. The van der Waals surface area contributed by atoms with E-state index in [4.69, 9.17) is 29.2 Å². The molecule has 3 aromatic rings. The molecule has 0 saturated carbocycles. The average Bonchev–Trinajstić information content (AvgIpc) is 3.41. The van der Waals surface area contributed by atoms with E-state index in [1.165, 1.54) is 0 Å². The number of ether oxygens (including phenoxy) is 3. The normalized spacial score (nSPS) is 24.1. The van der Waals surface area contributed by atoms with Gasteiger partial charge in [0.05, 0.1) is 56.2 Å². The molecule has 5 heterocycles. The van der Waals surface area contributed by atoms with Gasteiger partial charge in [-0.25, -0.2) is 4.98 Å². The zero-order valence-corrected chi connectivity index (χ0v) is 20.5. The summed E-state index contributed by atoms with van der Waals surface area (Å²) in [5, 5.41) is 3.57. The number of fused-ring (bicyclic) bond motifs is 2. The minimum Gasteiger partial charge on any atom is -0.377 e. The number of hydrogen-bond acceptors (Lipinski definition) is 9. The van der Waals surface area contributed by atoms with Crippen LogP contribution in [0.2, 0.25) is 0 Å². The van der Waals surface area contributed by atoms with Gasteiger partial charge in [0.1, 0.15) is 11.9 Å². The molecule has 2 aromatic heterocycles. The molecule has 36 heavy (non-hydrogen) atoms. The van der Waals surface area contributed by atoms with Crippen molar-refractivity contribution in [2.24, 2.45) is 0 Å². The lowest BCUT2D eigenvalue weighted by molar-refractivity contribution is 0.0220. The molecule has 0 aliphatic carbocycles. The molecule has 10 heteroatoms. The Balaban J connectivity index is 1.47. The first-order chi connectivity index (χ1) is 17.6. The van der Waals surface area contributed by atoms with E-state index >= 15 is 0 Å². The monoisotopic (exact) mass is 490 g/mol. The van der Waals surface area contributed by atoms with Crippen LogP contribution in [-0.2, 0) is 14.2 Å². The van der Waals surface area contributed by atoms with E-state index in [-0.39, 0.29) is 24.1 Å². The first-order valence-electron chi connectivity index (χ1n) is 12.4. The Labute approximate surface area is 209 Å². The summed E-state index contributed by atoms with van der Waals surface area (Å²) in [6.07, 6.45) is 0.0237. The molecule has 3 fully saturated rings. The molecule has 3 aliphatic heterocycles. The molecular formula is C26H30N6O4. The molecule has 0 radical (unpaired) electrons. The summed E-state index contributed by atoms with van der Waals surface area (Å²) >= 11 is 0. The molecular weight excluding hydrogens is 460 g/mol. The highest BCUT2D eigenvalue weighted by atomic mass is 16.6. The Morgan fingerprint density at radius 2 is 1.89 bits per heavy atom. The number of pyridine rings is 1. The van der Waals surface area contributed by atoms with Crippen LogP contribution in [0.15, 0.2) is 36.4 Å². The van der Waals surface area contributed by atoms with Crippen LogP contribution in [0.5, 0.6) is 0 Å². The smallest absolute Gasteiger partial charge is 0.251 e. The molecule has 6 rings (SSSR count). The maximum Gasteiger partial charge on any atom is 0.251 e.